The van der Waals surface area contributed by atoms with E-state index in [1.807, 2.05) is 37.3 Å². The molecule has 18 heavy (non-hydrogen) atoms. The lowest BCUT2D eigenvalue weighted by Crippen LogP contribution is -2.31. The number of benzene rings is 1. The second kappa shape index (κ2) is 4.33. The van der Waals surface area contributed by atoms with Crippen LogP contribution in [0.15, 0.2) is 40.6 Å². The van der Waals surface area contributed by atoms with Crippen molar-refractivity contribution in [1.29, 1.82) is 0 Å². The molecule has 1 aromatic rings. The Balaban J connectivity index is 1.84. The summed E-state index contributed by atoms with van der Waals surface area (Å²) in [6.45, 7) is 3.67. The molecule has 0 aliphatic carbocycles. The highest BCUT2D eigenvalue weighted by Gasteiger charge is 2.44. The van der Waals surface area contributed by atoms with Gasteiger partial charge in [-0.1, -0.05) is 35.5 Å². The Hall–Kier alpha value is -2.04. The number of hydrogen-bond donors (Lipinski definition) is 0. The van der Waals surface area contributed by atoms with E-state index < -0.39 is 6.29 Å². The fourth-order valence-electron chi connectivity index (χ4n) is 2.21. The Labute approximate surface area is 105 Å². The molecule has 0 spiro atoms. The van der Waals surface area contributed by atoms with Crippen molar-refractivity contribution in [3.8, 4) is 0 Å². The smallest absolute Gasteiger partial charge is 0.279 e. The van der Waals surface area contributed by atoms with Crippen LogP contribution in [0.4, 0.5) is 0 Å². The second-order valence-electron chi connectivity index (χ2n) is 4.40. The summed E-state index contributed by atoms with van der Waals surface area (Å²) in [7, 11) is 0. The molecule has 94 valence electrons. The molecule has 3 rings (SSSR count). The maximum absolute atomic E-state index is 5.53. The third kappa shape index (κ3) is 1.81. The summed E-state index contributed by atoms with van der Waals surface area (Å²) in [4.78, 5) is 10.8. The Kier molecular flexibility index (Phi) is 2.66. The molecular weight excluding hydrogens is 232 g/mol. The topological polar surface area (TPSA) is 52.4 Å². The maximum Gasteiger partial charge on any atom is 0.279 e. The van der Waals surface area contributed by atoms with Crippen LogP contribution < -0.4 is 0 Å². The predicted molar refractivity (Wildman–Crippen MR) is 65.9 cm³/mol. The molecule has 0 saturated carbocycles. The van der Waals surface area contributed by atoms with Gasteiger partial charge < -0.3 is 14.4 Å². The van der Waals surface area contributed by atoms with Crippen molar-refractivity contribution in [3.63, 3.8) is 0 Å². The number of rotatable bonds is 2. The quantitative estimate of drug-likeness (QED) is 0.805. The number of ether oxygens (including phenoxy) is 1. The van der Waals surface area contributed by atoms with Gasteiger partial charge in [0.1, 0.15) is 5.92 Å². The van der Waals surface area contributed by atoms with Crippen LogP contribution in [0.3, 0.4) is 0 Å². The summed E-state index contributed by atoms with van der Waals surface area (Å²) in [6, 6.07) is 9.93. The van der Waals surface area contributed by atoms with Gasteiger partial charge in [0.05, 0.1) is 5.71 Å². The molecule has 0 bridgehead atoms. The number of oxime groups is 2. The summed E-state index contributed by atoms with van der Waals surface area (Å²) < 4.78 is 5.53. The molecular formula is C13H14N2O3. The minimum atomic E-state index is -0.457. The highest BCUT2D eigenvalue weighted by Crippen LogP contribution is 2.37. The Bertz CT molecular complexity index is 498. The van der Waals surface area contributed by atoms with Crippen molar-refractivity contribution >= 4 is 11.6 Å². The molecule has 0 unspecified atom stereocenters. The van der Waals surface area contributed by atoms with Gasteiger partial charge in [0, 0.05) is 6.92 Å². The Morgan fingerprint density at radius 2 is 1.78 bits per heavy atom. The minimum absolute atomic E-state index is 0.0754. The molecule has 2 aliphatic heterocycles. The molecule has 5 nitrogen and oxygen atoms in total. The van der Waals surface area contributed by atoms with Gasteiger partial charge in [-0.3, -0.25) is 0 Å². The molecule has 0 aromatic heterocycles. The summed E-state index contributed by atoms with van der Waals surface area (Å²) in [6.07, 6.45) is -0.640. The van der Waals surface area contributed by atoms with Crippen LogP contribution in [0.25, 0.3) is 0 Å². The molecule has 0 fully saturated rings. The van der Waals surface area contributed by atoms with Gasteiger partial charge >= 0.3 is 0 Å². The van der Waals surface area contributed by atoms with Crippen molar-refractivity contribution in [3.05, 3.63) is 35.9 Å². The van der Waals surface area contributed by atoms with E-state index >= 15 is 0 Å². The predicted octanol–water partition coefficient (Wildman–Crippen LogP) is 2.46. The first-order valence-electron chi connectivity index (χ1n) is 5.88. The zero-order valence-electron chi connectivity index (χ0n) is 10.2. The van der Waals surface area contributed by atoms with Crippen LogP contribution in [0.1, 0.15) is 25.5 Å². The van der Waals surface area contributed by atoms with Crippen molar-refractivity contribution in [1.82, 2.24) is 0 Å². The molecule has 0 N–H and O–H groups in total. The lowest BCUT2D eigenvalue weighted by Gasteiger charge is -2.21. The largest absolute Gasteiger partial charge is 0.436 e. The average molecular weight is 246 g/mol. The highest BCUT2D eigenvalue weighted by atomic mass is 16.8. The fourth-order valence-corrected chi connectivity index (χ4v) is 2.21. The number of hydrogen-bond acceptors (Lipinski definition) is 5. The summed E-state index contributed by atoms with van der Waals surface area (Å²) >= 11 is 0. The lowest BCUT2D eigenvalue weighted by molar-refractivity contribution is -0.0998. The van der Waals surface area contributed by atoms with Crippen molar-refractivity contribution in [2.45, 2.75) is 26.2 Å². The zero-order chi connectivity index (χ0) is 12.5. The van der Waals surface area contributed by atoms with Crippen molar-refractivity contribution in [2.75, 3.05) is 0 Å². The van der Waals surface area contributed by atoms with E-state index in [9.17, 15) is 0 Å². The van der Waals surface area contributed by atoms with Gasteiger partial charge in [0.2, 0.25) is 5.90 Å². The number of nitrogens with zero attached hydrogens (tertiary/aromatic N) is 2. The van der Waals surface area contributed by atoms with Gasteiger partial charge in [-0.15, -0.1) is 0 Å². The maximum atomic E-state index is 5.53. The Morgan fingerprint density at radius 1 is 1.00 bits per heavy atom. The van der Waals surface area contributed by atoms with Gasteiger partial charge in [0.25, 0.3) is 6.29 Å². The lowest BCUT2D eigenvalue weighted by atomic mass is 9.92. The van der Waals surface area contributed by atoms with E-state index in [4.69, 9.17) is 14.4 Å². The van der Waals surface area contributed by atoms with Crippen LogP contribution in [0.2, 0.25) is 0 Å². The normalized spacial score (nSPS) is 30.0. The van der Waals surface area contributed by atoms with E-state index in [0.29, 0.717) is 5.90 Å². The van der Waals surface area contributed by atoms with Crippen LogP contribution >= 0.6 is 0 Å². The first-order chi connectivity index (χ1) is 8.75. The molecule has 2 heterocycles. The van der Waals surface area contributed by atoms with Crippen LogP contribution in [0, 0.1) is 5.92 Å². The summed E-state index contributed by atoms with van der Waals surface area (Å²) in [5, 5.41) is 7.86. The van der Waals surface area contributed by atoms with Crippen molar-refractivity contribution < 1.29 is 14.4 Å². The third-order valence-electron chi connectivity index (χ3n) is 3.11. The minimum Gasteiger partial charge on any atom is -0.436 e. The van der Waals surface area contributed by atoms with Gasteiger partial charge in [-0.25, -0.2) is 0 Å². The van der Waals surface area contributed by atoms with Crippen LogP contribution in [-0.2, 0) is 14.4 Å². The monoisotopic (exact) mass is 246 g/mol. The molecule has 5 heteroatoms. The SMILES string of the molecule is CC1=NO[C@H]([C@@H]2C(C)=NO[C@H]2c2ccccc2)O1. The first-order valence-corrected chi connectivity index (χ1v) is 5.88. The first kappa shape index (κ1) is 11.1. The second-order valence-corrected chi connectivity index (χ2v) is 4.40. The standard InChI is InChI=1S/C13H14N2O3/c1-8-11(13-16-9(2)15-18-13)12(17-14-8)10-6-4-3-5-7-10/h3-7,11-13H,1-2H3/t11-,12+,13-/m1/s1. The molecule has 1 aromatic carbocycles. The summed E-state index contributed by atoms with van der Waals surface area (Å²) in [5.74, 6) is 0.458. The molecule has 3 atom stereocenters. The van der Waals surface area contributed by atoms with Crippen LogP contribution in [0.5, 0.6) is 0 Å². The van der Waals surface area contributed by atoms with Crippen LogP contribution in [-0.4, -0.2) is 17.9 Å². The molecule has 0 amide bonds. The molecule has 0 radical (unpaired) electrons. The average Bonchev–Trinajstić information content (AvgIpc) is 2.96. The van der Waals surface area contributed by atoms with E-state index in [0.717, 1.165) is 11.3 Å². The van der Waals surface area contributed by atoms with E-state index in [2.05, 4.69) is 10.3 Å². The highest BCUT2D eigenvalue weighted by molar-refractivity contribution is 5.86. The van der Waals surface area contributed by atoms with Gasteiger partial charge in [-0.2, -0.15) is 0 Å². The van der Waals surface area contributed by atoms with Gasteiger partial charge in [-0.05, 0) is 17.6 Å². The van der Waals surface area contributed by atoms with Gasteiger partial charge in [0.15, 0.2) is 6.10 Å². The fraction of sp³-hybridized carbons (Fsp3) is 0.385. The van der Waals surface area contributed by atoms with Crippen molar-refractivity contribution in [2.24, 2.45) is 16.2 Å². The Morgan fingerprint density at radius 3 is 2.44 bits per heavy atom. The van der Waals surface area contributed by atoms with E-state index in [-0.39, 0.29) is 12.0 Å². The zero-order valence-corrected chi connectivity index (χ0v) is 10.2. The summed E-state index contributed by atoms with van der Waals surface area (Å²) in [5.41, 5.74) is 1.92. The van der Waals surface area contributed by atoms with E-state index in [1.165, 1.54) is 0 Å². The third-order valence-corrected chi connectivity index (χ3v) is 3.11. The molecule has 2 aliphatic rings. The van der Waals surface area contributed by atoms with E-state index in [1.54, 1.807) is 6.92 Å². The molecule has 0 saturated heterocycles.